The van der Waals surface area contributed by atoms with E-state index < -0.39 is 44.3 Å². The summed E-state index contributed by atoms with van der Waals surface area (Å²) in [7, 11) is -1.57. The van der Waals surface area contributed by atoms with Gasteiger partial charge in [-0.25, -0.2) is 14.6 Å². The van der Waals surface area contributed by atoms with Gasteiger partial charge in [-0.2, -0.15) is 35.7 Å². The van der Waals surface area contributed by atoms with Gasteiger partial charge in [-0.1, -0.05) is 210 Å². The minimum Gasteiger partial charge on any atom is -0.475 e. The number of ether oxygens (including phenoxy) is 4. The molecule has 0 saturated carbocycles. The highest BCUT2D eigenvalue weighted by molar-refractivity contribution is 7.44. The number of carbonyl (C=O) groups excluding carboxylic acids is 2. The fourth-order valence-corrected chi connectivity index (χ4v) is 15.4. The molecule has 1 unspecified atom stereocenters. The van der Waals surface area contributed by atoms with Gasteiger partial charge in [0.1, 0.15) is 25.7 Å². The molecule has 0 radical (unpaired) electrons. The van der Waals surface area contributed by atoms with Crippen LogP contribution >= 0.6 is 8.53 Å². The standard InChI is InChI=1S/C45H54N9O5P.C36H37N7O4/c1-32(2)42(55)50-44-49-41-40(43(51-44)56-26-16-24-46)48-31-53(41)39-29-52(28-38(59-39)30-58-60(57-27-17-25-47)54(33(3)4)34(5)6)45(35-18-10-7-11-19-35,36-20-12-8-13-21-36)37-22-14-9-15-23-37;1-25(2)33(45)40-35-39-32-31(34(41-35)46-20-12-19-37)38-24-43(32)30-22-42(21-29(23-44)47-30)36(26-13-6-3-7-14-26,27-15-8-4-9-16-27)28-17-10-5-11-18-28/h7-15,18-23,31-34,38-39H,16-17,26-30H2,1-6H3,(H,49,50,51,55);3-11,13-18,24-25,29-30,44H,12,20-23H2,1-2H3,(H,39,40,41,45)/t38-,39+,60?;29-,30+/m00/s1. The van der Waals surface area contributed by atoms with Crippen LogP contribution in [0.3, 0.4) is 0 Å². The molecule has 6 heterocycles. The summed E-state index contributed by atoms with van der Waals surface area (Å²) in [6, 6.07) is 69.0. The predicted octanol–water partition coefficient (Wildman–Crippen LogP) is 13.1. The number of rotatable bonds is 30. The Morgan fingerprint density at radius 1 is 0.505 bits per heavy atom. The zero-order valence-corrected chi connectivity index (χ0v) is 62.4. The van der Waals surface area contributed by atoms with E-state index in [0.717, 1.165) is 33.4 Å². The summed E-state index contributed by atoms with van der Waals surface area (Å²) >= 11 is 0. The molecule has 2 aliphatic heterocycles. The number of aliphatic hydroxyl groups excluding tert-OH is 1. The maximum absolute atomic E-state index is 12.9. The number of morpholine rings is 2. The molecule has 26 heteroatoms. The smallest absolute Gasteiger partial charge is 0.259 e. The Balaban J connectivity index is 0.000000219. The summed E-state index contributed by atoms with van der Waals surface area (Å²) in [6.07, 6.45) is 1.43. The summed E-state index contributed by atoms with van der Waals surface area (Å²) in [4.78, 5) is 58.1. The van der Waals surface area contributed by atoms with Crippen LogP contribution in [-0.2, 0) is 39.2 Å². The molecule has 2 aliphatic rings. The quantitative estimate of drug-likeness (QED) is 0.0214. The molecule has 3 N–H and O–H groups in total. The van der Waals surface area contributed by atoms with E-state index in [1.54, 1.807) is 44.9 Å². The van der Waals surface area contributed by atoms with Crippen molar-refractivity contribution in [2.45, 2.75) is 122 Å². The largest absolute Gasteiger partial charge is 0.475 e. The van der Waals surface area contributed by atoms with Crippen LogP contribution in [0.5, 0.6) is 11.8 Å². The molecule has 12 rings (SSSR count). The van der Waals surface area contributed by atoms with Gasteiger partial charge in [-0.05, 0) is 61.1 Å². The second-order valence-corrected chi connectivity index (χ2v) is 28.5. The Labute approximate surface area is 625 Å². The zero-order chi connectivity index (χ0) is 75.5. The van der Waals surface area contributed by atoms with Gasteiger partial charge < -0.3 is 33.1 Å². The van der Waals surface area contributed by atoms with Gasteiger partial charge in [0.15, 0.2) is 22.3 Å². The molecule has 2 amide bonds. The van der Waals surface area contributed by atoms with Crippen molar-refractivity contribution < 1.29 is 42.7 Å². The molecule has 0 bridgehead atoms. The average Bonchev–Trinajstić information content (AvgIpc) is 1.07. The van der Waals surface area contributed by atoms with Crippen molar-refractivity contribution >= 4 is 54.6 Å². The first kappa shape index (κ1) is 77.6. The first-order valence-corrected chi connectivity index (χ1v) is 37.2. The van der Waals surface area contributed by atoms with E-state index in [1.807, 2.05) is 77.4 Å². The summed E-state index contributed by atoms with van der Waals surface area (Å²) < 4.78 is 44.3. The van der Waals surface area contributed by atoms with Crippen molar-refractivity contribution in [3.8, 4) is 30.0 Å². The van der Waals surface area contributed by atoms with Gasteiger partial charge in [0.25, 0.3) is 8.53 Å². The van der Waals surface area contributed by atoms with Crippen LogP contribution in [0.25, 0.3) is 22.3 Å². The molecular formula is C81H91N16O9P. The van der Waals surface area contributed by atoms with E-state index in [4.69, 9.17) is 43.2 Å². The third-order valence-corrected chi connectivity index (χ3v) is 20.5. The molecule has 4 aromatic heterocycles. The van der Waals surface area contributed by atoms with Crippen molar-refractivity contribution in [3.63, 3.8) is 0 Å². The third-order valence-electron chi connectivity index (χ3n) is 18.5. The SMILES string of the molecule is CC(C)C(=O)Nc1nc(OCCC#N)c2ncn([C@H]3CN(C(c4ccccc4)(c4ccccc4)c4ccccc4)C[C@@H](CO)O3)c2n1.CC(C)C(=O)Nc1nc(OCCC#N)c2ncn([C@H]3CN(C(c4ccccc4)(c4ccccc4)c4ccccc4)C[C@@H](COP(OCCC#N)N(C(C)C)C(C)C)O3)c2n1. The summed E-state index contributed by atoms with van der Waals surface area (Å²) in [5, 5.41) is 43.8. The normalized spacial score (nSPS) is 16.8. The summed E-state index contributed by atoms with van der Waals surface area (Å²) in [6.45, 7) is 17.6. The minimum atomic E-state index is -1.57. The highest BCUT2D eigenvalue weighted by Gasteiger charge is 2.49. The summed E-state index contributed by atoms with van der Waals surface area (Å²) in [5.41, 5.74) is 6.38. The number of aliphatic hydroxyl groups is 1. The highest BCUT2D eigenvalue weighted by atomic mass is 31.2. The Morgan fingerprint density at radius 3 is 1.17 bits per heavy atom. The first-order valence-electron chi connectivity index (χ1n) is 36.1. The van der Waals surface area contributed by atoms with Crippen molar-refractivity contribution in [1.82, 2.24) is 53.5 Å². The lowest BCUT2D eigenvalue weighted by molar-refractivity contribution is -0.148. The number of nitriles is 3. The van der Waals surface area contributed by atoms with E-state index in [1.165, 1.54) is 0 Å². The Bertz CT molecular complexity index is 4460. The molecule has 2 fully saturated rings. The Morgan fingerprint density at radius 2 is 0.841 bits per heavy atom. The van der Waals surface area contributed by atoms with Gasteiger partial charge in [-0.15, -0.1) is 0 Å². The van der Waals surface area contributed by atoms with Crippen LogP contribution in [0.15, 0.2) is 195 Å². The van der Waals surface area contributed by atoms with E-state index in [-0.39, 0.29) is 112 Å². The average molecular weight is 1460 g/mol. The number of hydrogen-bond acceptors (Lipinski definition) is 21. The van der Waals surface area contributed by atoms with Gasteiger partial charge in [0, 0.05) is 50.1 Å². The number of nitrogens with zero attached hydrogens (tertiary/aromatic N) is 14. The fraction of sp³-hybridized carbons (Fsp3) is 0.370. The van der Waals surface area contributed by atoms with Gasteiger partial charge >= 0.3 is 0 Å². The van der Waals surface area contributed by atoms with Crippen LogP contribution in [0.2, 0.25) is 0 Å². The molecular weight excluding hydrogens is 1370 g/mol. The molecule has 0 aliphatic carbocycles. The zero-order valence-electron chi connectivity index (χ0n) is 61.5. The second-order valence-electron chi connectivity index (χ2n) is 27.0. The van der Waals surface area contributed by atoms with E-state index in [0.29, 0.717) is 48.5 Å². The number of aromatic nitrogens is 8. The molecule has 6 aromatic carbocycles. The van der Waals surface area contributed by atoms with Crippen LogP contribution < -0.4 is 20.1 Å². The third kappa shape index (κ3) is 17.7. The number of fused-ring (bicyclic) bond motifs is 2. The number of carbonyl (C=O) groups is 2. The van der Waals surface area contributed by atoms with Crippen LogP contribution in [0, 0.1) is 45.8 Å². The van der Waals surface area contributed by atoms with Crippen molar-refractivity contribution in [1.29, 1.82) is 15.8 Å². The van der Waals surface area contributed by atoms with Gasteiger partial charge in [0.05, 0.1) is 93.2 Å². The lowest BCUT2D eigenvalue weighted by Crippen LogP contribution is -2.57. The highest BCUT2D eigenvalue weighted by Crippen LogP contribution is 2.50. The number of anilines is 2. The fourth-order valence-electron chi connectivity index (χ4n) is 13.7. The molecule has 2 saturated heterocycles. The molecule has 107 heavy (non-hydrogen) atoms. The molecule has 5 atom stereocenters. The van der Waals surface area contributed by atoms with Crippen LogP contribution in [0.4, 0.5) is 11.9 Å². The monoisotopic (exact) mass is 1460 g/mol. The molecule has 25 nitrogen and oxygen atoms in total. The number of imidazole rings is 2. The maximum atomic E-state index is 12.9. The van der Waals surface area contributed by atoms with Crippen molar-refractivity contribution in [2.24, 2.45) is 11.8 Å². The predicted molar refractivity (Wildman–Crippen MR) is 407 cm³/mol. The second kappa shape index (κ2) is 36.7. The van der Waals surface area contributed by atoms with Crippen molar-refractivity contribution in [3.05, 3.63) is 228 Å². The van der Waals surface area contributed by atoms with Gasteiger partial charge in [-0.3, -0.25) is 39.2 Å². The van der Waals surface area contributed by atoms with E-state index in [2.05, 4.69) is 200 Å². The topological polar surface area (TPSA) is 302 Å². The molecule has 0 spiro atoms. The number of hydrogen-bond donors (Lipinski definition) is 3. The lowest BCUT2D eigenvalue weighted by atomic mass is 9.75. The van der Waals surface area contributed by atoms with Crippen LogP contribution in [0.1, 0.15) is 120 Å². The van der Waals surface area contributed by atoms with Crippen molar-refractivity contribution in [2.75, 3.05) is 69.8 Å². The summed E-state index contributed by atoms with van der Waals surface area (Å²) in [5.74, 6) is -0.726. The minimum absolute atomic E-state index is 0.0530. The van der Waals surface area contributed by atoms with E-state index in [9.17, 15) is 25.2 Å². The Kier molecular flexibility index (Phi) is 26.6. The molecule has 10 aromatic rings. The lowest BCUT2D eigenvalue weighted by Gasteiger charge is -2.50. The van der Waals surface area contributed by atoms with Gasteiger partial charge in [0.2, 0.25) is 35.5 Å². The van der Waals surface area contributed by atoms with Crippen LogP contribution in [-0.4, -0.2) is 154 Å². The maximum Gasteiger partial charge on any atom is 0.259 e. The first-order chi connectivity index (χ1) is 52.0. The number of amides is 2. The number of nitrogens with one attached hydrogen (secondary N) is 2. The molecule has 554 valence electrons. The van der Waals surface area contributed by atoms with E-state index >= 15 is 0 Å². The Hall–Kier alpha value is -10.5. The number of benzene rings is 6.